The first-order valence-electron chi connectivity index (χ1n) is 13.2. The standard InChI is InChI=1S/C23H32N3O9.2C2H6.CH3.K/c1-12(2)20(24-4)22(30)25-13(3)21(29)26-16-7-14(10-33-11-27)5-6-17(16)34-19-9-15(28)8-18(35-19)23(31)32;2*1-2;;/h5-7,12-13,15,18-20,24,28H,8-10H2,1-4H3,(H,25,30)(H,26,29)(H,31,32);2*1-2H3;1H3;/q-1;;;-1;+1. The molecule has 0 bridgehead atoms. The third kappa shape index (κ3) is 15.5. The Hall–Kier alpha value is -1.58. The molecule has 0 aliphatic carbocycles. The van der Waals surface area contributed by atoms with Gasteiger partial charge in [-0.2, -0.15) is 0 Å². The van der Waals surface area contributed by atoms with Crippen molar-refractivity contribution < 1.29 is 95.0 Å². The topological polar surface area (TPSA) is 173 Å². The number of carbonyl (C=O) groups excluding carboxylic acids is 3. The van der Waals surface area contributed by atoms with Crippen LogP contribution in [0.4, 0.5) is 5.69 Å². The van der Waals surface area contributed by atoms with Crippen LogP contribution in [-0.2, 0) is 35.3 Å². The first-order valence-corrected chi connectivity index (χ1v) is 13.2. The van der Waals surface area contributed by atoms with Gasteiger partial charge in [0.15, 0.2) is 6.10 Å². The Kier molecular flexibility index (Phi) is 25.6. The van der Waals surface area contributed by atoms with Crippen LogP contribution in [0.5, 0.6) is 5.75 Å². The summed E-state index contributed by atoms with van der Waals surface area (Å²) in [7, 11) is 1.65. The molecule has 2 amide bonds. The van der Waals surface area contributed by atoms with Crippen LogP contribution in [0.25, 0.3) is 0 Å². The summed E-state index contributed by atoms with van der Waals surface area (Å²) >= 11 is 0. The second kappa shape index (κ2) is 23.9. The number of aliphatic hydroxyl groups is 1. The summed E-state index contributed by atoms with van der Waals surface area (Å²) in [5.41, 5.74) is 0.684. The average Bonchev–Trinajstić information content (AvgIpc) is 2.90. The van der Waals surface area contributed by atoms with Crippen molar-refractivity contribution >= 4 is 29.9 Å². The third-order valence-corrected chi connectivity index (χ3v) is 5.41. The molecule has 1 aliphatic heterocycles. The Morgan fingerprint density at radius 1 is 1.10 bits per heavy atom. The summed E-state index contributed by atoms with van der Waals surface area (Å²) in [6, 6.07) is 3.16. The van der Waals surface area contributed by atoms with Gasteiger partial charge in [0.1, 0.15) is 11.8 Å². The van der Waals surface area contributed by atoms with Gasteiger partial charge in [0.05, 0.1) is 24.4 Å². The number of anilines is 1. The van der Waals surface area contributed by atoms with Gasteiger partial charge in [-0.1, -0.05) is 54.1 Å². The molecule has 41 heavy (non-hydrogen) atoms. The van der Waals surface area contributed by atoms with E-state index < -0.39 is 42.5 Å². The number of amides is 2. The van der Waals surface area contributed by atoms with E-state index in [1.54, 1.807) is 13.1 Å². The molecule has 5 N–H and O–H groups in total. The number of carbonyl (C=O) groups is 3. The Bertz CT molecular complexity index is 918. The van der Waals surface area contributed by atoms with E-state index in [0.717, 1.165) is 0 Å². The van der Waals surface area contributed by atoms with Crippen molar-refractivity contribution in [1.29, 1.82) is 0 Å². The molecule has 12 nitrogen and oxygen atoms in total. The molecular weight excluding hydrogens is 561 g/mol. The second-order valence-corrected chi connectivity index (χ2v) is 8.57. The van der Waals surface area contributed by atoms with E-state index in [4.69, 9.17) is 9.47 Å². The van der Waals surface area contributed by atoms with Crippen LogP contribution >= 0.6 is 0 Å². The molecule has 5 unspecified atom stereocenters. The van der Waals surface area contributed by atoms with Gasteiger partial charge in [-0.25, -0.2) is 4.79 Å². The average molecular weight is 609 g/mol. The minimum atomic E-state index is -1.24. The first kappa shape index (κ1) is 43.9. The Morgan fingerprint density at radius 3 is 2.22 bits per heavy atom. The van der Waals surface area contributed by atoms with E-state index in [2.05, 4.69) is 20.7 Å². The predicted octanol–water partition coefficient (Wildman–Crippen LogP) is -0.206. The smallest absolute Gasteiger partial charge is 0.650 e. The number of benzene rings is 1. The molecule has 5 atom stereocenters. The molecule has 1 aliphatic rings. The van der Waals surface area contributed by atoms with Crippen molar-refractivity contribution in [2.45, 2.75) is 98.5 Å². The fourth-order valence-electron chi connectivity index (χ4n) is 3.59. The van der Waals surface area contributed by atoms with Gasteiger partial charge in [-0.05, 0) is 37.6 Å². The van der Waals surface area contributed by atoms with Crippen LogP contribution in [0, 0.1) is 13.3 Å². The normalized spacial score (nSPS) is 18.6. The monoisotopic (exact) mass is 608 g/mol. The molecule has 2 rings (SSSR count). The van der Waals surface area contributed by atoms with Crippen LogP contribution in [-0.4, -0.2) is 72.1 Å². The van der Waals surface area contributed by atoms with Gasteiger partial charge >= 0.3 is 57.4 Å². The fourth-order valence-corrected chi connectivity index (χ4v) is 3.59. The minimum Gasteiger partial charge on any atom is -0.650 e. The van der Waals surface area contributed by atoms with Crippen molar-refractivity contribution in [3.63, 3.8) is 0 Å². The zero-order valence-corrected chi connectivity index (χ0v) is 29.2. The number of likely N-dealkylation sites (N-methyl/N-ethyl adjacent to an activating group) is 1. The quantitative estimate of drug-likeness (QED) is 0.158. The molecule has 230 valence electrons. The molecule has 0 radical (unpaired) electrons. The molecule has 1 saturated heterocycles. The van der Waals surface area contributed by atoms with Crippen molar-refractivity contribution in [3.8, 4) is 5.75 Å². The van der Waals surface area contributed by atoms with E-state index in [1.807, 2.05) is 41.5 Å². The second-order valence-electron chi connectivity index (χ2n) is 8.57. The van der Waals surface area contributed by atoms with Crippen LogP contribution in [0.15, 0.2) is 18.2 Å². The van der Waals surface area contributed by atoms with E-state index in [9.17, 15) is 29.4 Å². The van der Waals surface area contributed by atoms with Crippen LogP contribution < -0.4 is 72.1 Å². The first-order chi connectivity index (χ1) is 18.5. The zero-order chi connectivity index (χ0) is 30.1. The van der Waals surface area contributed by atoms with Crippen molar-refractivity contribution in [2.75, 3.05) is 12.4 Å². The van der Waals surface area contributed by atoms with Gasteiger partial charge in [0.2, 0.25) is 18.1 Å². The molecule has 0 saturated carbocycles. The Labute approximate surface area is 287 Å². The van der Waals surface area contributed by atoms with Crippen molar-refractivity contribution in [1.82, 2.24) is 10.6 Å². The number of aliphatic carboxylic acids is 1. The number of aliphatic hydroxyl groups excluding tert-OH is 1. The molecule has 0 aromatic heterocycles. The number of nitrogens with one attached hydrogen (secondary N) is 3. The third-order valence-electron chi connectivity index (χ3n) is 5.41. The summed E-state index contributed by atoms with van der Waals surface area (Å²) in [6.07, 6.45) is -3.32. The summed E-state index contributed by atoms with van der Waals surface area (Å²) in [5.74, 6) is -1.98. The molecule has 0 spiro atoms. The zero-order valence-electron chi connectivity index (χ0n) is 26.1. The fraction of sp³-hybridized carbons (Fsp3) is 0.607. The number of carboxylic acid groups (broad SMARTS) is 1. The summed E-state index contributed by atoms with van der Waals surface area (Å²) in [4.78, 5) is 47.1. The molecule has 1 heterocycles. The summed E-state index contributed by atoms with van der Waals surface area (Å²) in [5, 5.41) is 27.5. The van der Waals surface area contributed by atoms with Crippen LogP contribution in [0.3, 0.4) is 0 Å². The SMILES string of the molecule is CC.CC.CNC(C(=O)NC(C)C(=O)Nc1cc(CO[C-]=O)ccc1OC1CC(O)CC(C(=O)O)O1)C(C)C.[CH3-].[K+]. The van der Waals surface area contributed by atoms with Gasteiger partial charge in [-0.15, -0.1) is 0 Å². The summed E-state index contributed by atoms with van der Waals surface area (Å²) < 4.78 is 15.8. The summed E-state index contributed by atoms with van der Waals surface area (Å²) in [6.45, 7) is 14.5. The van der Waals surface area contributed by atoms with E-state index in [1.165, 1.54) is 25.5 Å². The van der Waals surface area contributed by atoms with Gasteiger partial charge in [-0.3, -0.25) is 9.59 Å². The van der Waals surface area contributed by atoms with Crippen LogP contribution in [0.2, 0.25) is 0 Å². The van der Waals surface area contributed by atoms with E-state index >= 15 is 0 Å². The maximum atomic E-state index is 12.8. The van der Waals surface area contributed by atoms with Gasteiger partial charge < -0.3 is 52.6 Å². The molecule has 1 fully saturated rings. The van der Waals surface area contributed by atoms with E-state index in [-0.39, 0.29) is 102 Å². The minimum absolute atomic E-state index is 0. The Balaban J connectivity index is -0.00000230. The number of carboxylic acids is 1. The van der Waals surface area contributed by atoms with Gasteiger partial charge in [0.25, 0.3) is 0 Å². The maximum Gasteiger partial charge on any atom is 1.00 e. The molecule has 13 heteroatoms. The largest absolute Gasteiger partial charge is 1.00 e. The number of hydrogen-bond acceptors (Lipinski definition) is 9. The molecular formula is C28H47KN3O9-. The molecule has 1 aromatic rings. The van der Waals surface area contributed by atoms with Gasteiger partial charge in [0, 0.05) is 12.8 Å². The maximum absolute atomic E-state index is 12.8. The van der Waals surface area contributed by atoms with Crippen molar-refractivity contribution in [2.24, 2.45) is 5.92 Å². The number of rotatable bonds is 12. The number of ether oxygens (including phenoxy) is 3. The van der Waals surface area contributed by atoms with Crippen molar-refractivity contribution in [3.05, 3.63) is 31.2 Å². The number of hydrogen-bond donors (Lipinski definition) is 5. The Morgan fingerprint density at radius 2 is 1.71 bits per heavy atom. The molecule has 1 aromatic carbocycles. The van der Waals surface area contributed by atoms with Crippen LogP contribution in [0.1, 0.15) is 66.9 Å². The predicted molar refractivity (Wildman–Crippen MR) is 152 cm³/mol. The van der Waals surface area contributed by atoms with E-state index in [0.29, 0.717) is 5.56 Å².